The van der Waals surface area contributed by atoms with Crippen molar-refractivity contribution in [2.45, 2.75) is 4.90 Å². The maximum atomic E-state index is 13.6. The highest BCUT2D eigenvalue weighted by molar-refractivity contribution is 7.93. The van der Waals surface area contributed by atoms with Gasteiger partial charge in [0.1, 0.15) is 10.7 Å². The first-order valence-corrected chi connectivity index (χ1v) is 7.60. The van der Waals surface area contributed by atoms with Crippen LogP contribution in [-0.2, 0) is 10.0 Å². The molecule has 0 saturated heterocycles. The lowest BCUT2D eigenvalue weighted by Gasteiger charge is -2.08. The van der Waals surface area contributed by atoms with Gasteiger partial charge in [0.05, 0.1) is 5.69 Å². The Hall–Kier alpha value is -2.54. The second-order valence-electron chi connectivity index (χ2n) is 4.54. The van der Waals surface area contributed by atoms with Crippen molar-refractivity contribution in [1.29, 1.82) is 0 Å². The maximum Gasteiger partial charge on any atom is 0.264 e. The largest absolute Gasteiger partial charge is 0.399 e. The lowest BCUT2D eigenvalue weighted by atomic mass is 10.2. The van der Waals surface area contributed by atoms with Crippen LogP contribution >= 0.6 is 0 Å². The van der Waals surface area contributed by atoms with Crippen LogP contribution in [0.4, 0.5) is 15.8 Å². The Morgan fingerprint density at radius 2 is 1.90 bits per heavy atom. The molecule has 7 heteroatoms. The summed E-state index contributed by atoms with van der Waals surface area (Å²) in [5.74, 6) is -0.634. The normalized spacial score (nSPS) is 11.7. The Bertz CT molecular complexity index is 919. The second-order valence-corrected chi connectivity index (χ2v) is 6.19. The number of rotatable bonds is 3. The number of para-hydroxylation sites is 1. The zero-order valence-electron chi connectivity index (χ0n) is 10.8. The summed E-state index contributed by atoms with van der Waals surface area (Å²) in [6.07, 6.45) is 1.35. The molecule has 0 spiro atoms. The molecule has 5 nitrogen and oxygen atoms in total. The van der Waals surface area contributed by atoms with Crippen molar-refractivity contribution in [2.24, 2.45) is 0 Å². The summed E-state index contributed by atoms with van der Waals surface area (Å²) in [6.45, 7) is 0. The standard InChI is InChI=1S/C14H12FN3O2S/c15-11-3-1-2-4-12(11)18-21(19,20)14-8-17-13-7-9(16)5-6-10(13)14/h1-8,17-18H,16H2. The molecule has 0 fully saturated rings. The van der Waals surface area contributed by atoms with Crippen molar-refractivity contribution in [2.75, 3.05) is 10.5 Å². The van der Waals surface area contributed by atoms with Gasteiger partial charge in [0.15, 0.2) is 0 Å². The fraction of sp³-hybridized carbons (Fsp3) is 0. The van der Waals surface area contributed by atoms with Crippen molar-refractivity contribution in [1.82, 2.24) is 4.98 Å². The van der Waals surface area contributed by atoms with E-state index in [1.807, 2.05) is 0 Å². The van der Waals surface area contributed by atoms with Crippen molar-refractivity contribution < 1.29 is 12.8 Å². The van der Waals surface area contributed by atoms with E-state index in [1.165, 1.54) is 24.4 Å². The Morgan fingerprint density at radius 3 is 2.67 bits per heavy atom. The van der Waals surface area contributed by atoms with E-state index in [4.69, 9.17) is 5.73 Å². The van der Waals surface area contributed by atoms with Gasteiger partial charge in [-0.2, -0.15) is 0 Å². The van der Waals surface area contributed by atoms with E-state index in [1.54, 1.807) is 24.3 Å². The van der Waals surface area contributed by atoms with Gasteiger partial charge >= 0.3 is 0 Å². The van der Waals surface area contributed by atoms with Gasteiger partial charge in [-0.3, -0.25) is 4.72 Å². The summed E-state index contributed by atoms with van der Waals surface area (Å²) in [6, 6.07) is 10.4. The molecule has 0 atom stereocenters. The van der Waals surface area contributed by atoms with Gasteiger partial charge in [-0.15, -0.1) is 0 Å². The van der Waals surface area contributed by atoms with Crippen LogP contribution in [-0.4, -0.2) is 13.4 Å². The van der Waals surface area contributed by atoms with Gasteiger partial charge in [-0.25, -0.2) is 12.8 Å². The number of H-pyrrole nitrogens is 1. The number of sulfonamides is 1. The third kappa shape index (κ3) is 2.43. The zero-order chi connectivity index (χ0) is 15.0. The van der Waals surface area contributed by atoms with Crippen LogP contribution in [0.2, 0.25) is 0 Å². The lowest BCUT2D eigenvalue weighted by molar-refractivity contribution is 0.599. The number of aromatic nitrogens is 1. The Balaban J connectivity index is 2.07. The van der Waals surface area contributed by atoms with Gasteiger partial charge in [0.2, 0.25) is 0 Å². The van der Waals surface area contributed by atoms with E-state index in [0.29, 0.717) is 16.6 Å². The minimum atomic E-state index is -3.89. The molecule has 0 aliphatic heterocycles. The quantitative estimate of drug-likeness (QED) is 0.650. The van der Waals surface area contributed by atoms with Crippen LogP contribution in [0, 0.1) is 5.82 Å². The third-order valence-corrected chi connectivity index (χ3v) is 4.48. The Morgan fingerprint density at radius 1 is 1.14 bits per heavy atom. The summed E-state index contributed by atoms with van der Waals surface area (Å²) < 4.78 is 40.6. The minimum absolute atomic E-state index is 0.0424. The van der Waals surface area contributed by atoms with E-state index in [2.05, 4.69) is 9.71 Å². The van der Waals surface area contributed by atoms with E-state index in [9.17, 15) is 12.8 Å². The molecular weight excluding hydrogens is 293 g/mol. The lowest BCUT2D eigenvalue weighted by Crippen LogP contribution is -2.13. The molecule has 0 radical (unpaired) electrons. The molecule has 1 heterocycles. The van der Waals surface area contributed by atoms with Crippen LogP contribution in [0.15, 0.2) is 53.6 Å². The van der Waals surface area contributed by atoms with Gasteiger partial charge in [0.25, 0.3) is 10.0 Å². The first kappa shape index (κ1) is 13.4. The molecule has 108 valence electrons. The highest BCUT2D eigenvalue weighted by Crippen LogP contribution is 2.26. The number of hydrogen-bond acceptors (Lipinski definition) is 3. The molecule has 21 heavy (non-hydrogen) atoms. The number of anilines is 2. The predicted octanol–water partition coefficient (Wildman–Crippen LogP) is 2.69. The Kier molecular flexibility index (Phi) is 3.06. The number of fused-ring (bicyclic) bond motifs is 1. The fourth-order valence-corrected chi connectivity index (χ4v) is 3.33. The number of nitrogens with two attached hydrogens (primary N) is 1. The highest BCUT2D eigenvalue weighted by atomic mass is 32.2. The van der Waals surface area contributed by atoms with Crippen molar-refractivity contribution in [3.63, 3.8) is 0 Å². The average molecular weight is 305 g/mol. The summed E-state index contributed by atoms with van der Waals surface area (Å²) in [5.41, 5.74) is 6.68. The van der Waals surface area contributed by atoms with Crippen LogP contribution in [0.25, 0.3) is 10.9 Å². The van der Waals surface area contributed by atoms with Crippen LogP contribution < -0.4 is 10.5 Å². The molecule has 0 unspecified atom stereocenters. The van der Waals surface area contributed by atoms with Crippen molar-refractivity contribution >= 4 is 32.3 Å². The van der Waals surface area contributed by atoms with Gasteiger partial charge in [-0.1, -0.05) is 12.1 Å². The molecule has 3 aromatic rings. The van der Waals surface area contributed by atoms with E-state index in [0.717, 1.165) is 0 Å². The van der Waals surface area contributed by atoms with Gasteiger partial charge in [0, 0.05) is 22.8 Å². The minimum Gasteiger partial charge on any atom is -0.399 e. The SMILES string of the molecule is Nc1ccc2c(S(=O)(=O)Nc3ccccc3F)c[nH]c2c1. The summed E-state index contributed by atoms with van der Waals surface area (Å²) in [7, 11) is -3.89. The number of benzene rings is 2. The molecule has 0 amide bonds. The number of aromatic amines is 1. The monoisotopic (exact) mass is 305 g/mol. The van der Waals surface area contributed by atoms with Crippen molar-refractivity contribution in [3.8, 4) is 0 Å². The van der Waals surface area contributed by atoms with Crippen LogP contribution in [0.5, 0.6) is 0 Å². The van der Waals surface area contributed by atoms with Crippen LogP contribution in [0.1, 0.15) is 0 Å². The number of nitrogen functional groups attached to an aromatic ring is 1. The van der Waals surface area contributed by atoms with Gasteiger partial charge in [-0.05, 0) is 30.3 Å². The summed E-state index contributed by atoms with van der Waals surface area (Å²) in [4.78, 5) is 2.88. The highest BCUT2D eigenvalue weighted by Gasteiger charge is 2.20. The van der Waals surface area contributed by atoms with E-state index in [-0.39, 0.29) is 10.6 Å². The molecule has 1 aromatic heterocycles. The van der Waals surface area contributed by atoms with E-state index < -0.39 is 15.8 Å². The third-order valence-electron chi connectivity index (χ3n) is 3.08. The smallest absolute Gasteiger partial charge is 0.264 e. The first-order chi connectivity index (χ1) is 9.97. The molecule has 0 aliphatic carbocycles. The number of halogens is 1. The van der Waals surface area contributed by atoms with Gasteiger partial charge < -0.3 is 10.7 Å². The zero-order valence-corrected chi connectivity index (χ0v) is 11.6. The maximum absolute atomic E-state index is 13.6. The van der Waals surface area contributed by atoms with Crippen LogP contribution in [0.3, 0.4) is 0 Å². The number of hydrogen-bond donors (Lipinski definition) is 3. The molecule has 2 aromatic carbocycles. The second kappa shape index (κ2) is 4.78. The van der Waals surface area contributed by atoms with E-state index >= 15 is 0 Å². The number of nitrogens with one attached hydrogen (secondary N) is 2. The molecular formula is C14H12FN3O2S. The first-order valence-electron chi connectivity index (χ1n) is 6.11. The molecule has 3 rings (SSSR count). The fourth-order valence-electron chi connectivity index (χ4n) is 2.08. The molecule has 4 N–H and O–H groups in total. The average Bonchev–Trinajstić information content (AvgIpc) is 2.85. The van der Waals surface area contributed by atoms with Crippen molar-refractivity contribution in [3.05, 3.63) is 54.5 Å². The molecule has 0 aliphatic rings. The summed E-state index contributed by atoms with van der Waals surface area (Å²) >= 11 is 0. The molecule has 0 saturated carbocycles. The topological polar surface area (TPSA) is 88.0 Å². The Labute approximate surface area is 120 Å². The predicted molar refractivity (Wildman–Crippen MR) is 79.9 cm³/mol. The molecule has 0 bridgehead atoms. The summed E-state index contributed by atoms with van der Waals surface area (Å²) in [5, 5.41) is 0.494.